The van der Waals surface area contributed by atoms with Gasteiger partial charge in [0.2, 0.25) is 0 Å². The van der Waals surface area contributed by atoms with Gasteiger partial charge in [0.1, 0.15) is 0 Å². The van der Waals surface area contributed by atoms with Crippen molar-refractivity contribution >= 4 is 52.6 Å². The zero-order chi connectivity index (χ0) is 18.2. The molecule has 1 aliphatic rings. The Balaban J connectivity index is 0.00000261. The summed E-state index contributed by atoms with van der Waals surface area (Å²) in [6.07, 6.45) is 2.53. The molecule has 0 atom stereocenters. The molecule has 1 fully saturated rings. The average Bonchev–Trinajstić information content (AvgIpc) is 3.30. The van der Waals surface area contributed by atoms with Gasteiger partial charge in [0, 0.05) is 29.4 Å². The summed E-state index contributed by atoms with van der Waals surface area (Å²) in [6.45, 7) is 10.5. The number of nitrogens with zero attached hydrogens (tertiary/aromatic N) is 2. The van der Waals surface area contributed by atoms with E-state index in [2.05, 4.69) is 58.3 Å². The molecule has 0 unspecified atom stereocenters. The Morgan fingerprint density at radius 3 is 2.63 bits per heavy atom. The first-order valence-corrected chi connectivity index (χ1v) is 11.3. The minimum absolute atomic E-state index is 0. The predicted molar refractivity (Wildman–Crippen MR) is 130 cm³/mol. The highest BCUT2D eigenvalue weighted by molar-refractivity contribution is 14.0. The van der Waals surface area contributed by atoms with Crippen LogP contribution in [-0.4, -0.2) is 37.0 Å². The second-order valence-corrected chi connectivity index (χ2v) is 8.93. The molecular weight excluding hydrogens is 487 g/mol. The van der Waals surface area contributed by atoms with E-state index in [1.54, 1.807) is 11.3 Å². The van der Waals surface area contributed by atoms with E-state index in [-0.39, 0.29) is 24.0 Å². The molecule has 1 aliphatic heterocycles. The van der Waals surface area contributed by atoms with E-state index >= 15 is 0 Å². The summed E-state index contributed by atoms with van der Waals surface area (Å²) in [5.74, 6) is 1.68. The second-order valence-electron chi connectivity index (χ2n) is 6.90. The molecule has 150 valence electrons. The normalized spacial score (nSPS) is 16.1. The van der Waals surface area contributed by atoms with Crippen LogP contribution in [0.15, 0.2) is 34.0 Å². The maximum atomic E-state index is 4.76. The highest BCUT2D eigenvalue weighted by atomic mass is 127. The first kappa shape index (κ1) is 22.6. The number of aryl methyl sites for hydroxylation is 1. The van der Waals surface area contributed by atoms with Crippen LogP contribution in [0.4, 0.5) is 0 Å². The lowest BCUT2D eigenvalue weighted by molar-refractivity contribution is 0.179. The van der Waals surface area contributed by atoms with Crippen LogP contribution in [0.5, 0.6) is 0 Å². The monoisotopic (exact) mass is 518 g/mol. The SMILES string of the molecule is CCNC(=NCc1sccc1C)NCC1CCN(Cc2cccs2)CC1.I. The van der Waals surface area contributed by atoms with Gasteiger partial charge in [-0.3, -0.25) is 4.90 Å². The molecule has 1 saturated heterocycles. The molecule has 0 aromatic carbocycles. The van der Waals surface area contributed by atoms with Gasteiger partial charge in [-0.2, -0.15) is 0 Å². The maximum absolute atomic E-state index is 4.76. The number of hydrogen-bond acceptors (Lipinski definition) is 4. The minimum atomic E-state index is 0. The molecule has 2 N–H and O–H groups in total. The van der Waals surface area contributed by atoms with Gasteiger partial charge >= 0.3 is 0 Å². The van der Waals surface area contributed by atoms with Crippen molar-refractivity contribution in [2.45, 2.75) is 39.8 Å². The Morgan fingerprint density at radius 1 is 1.19 bits per heavy atom. The summed E-state index contributed by atoms with van der Waals surface area (Å²) in [4.78, 5) is 10.2. The Kier molecular flexibility index (Phi) is 10.1. The molecular formula is C20H31IN4S2. The Hall–Kier alpha value is -0.640. The standard InChI is InChI=1S/C20H30N4S2.HI/c1-3-21-20(23-14-19-16(2)8-12-26-19)22-13-17-6-9-24(10-7-17)15-18-5-4-11-25-18;/h4-5,8,11-12,17H,3,6-7,9-10,13-15H2,1-2H3,(H2,21,22,23);1H. The van der Waals surface area contributed by atoms with Crippen LogP contribution >= 0.6 is 46.7 Å². The van der Waals surface area contributed by atoms with Gasteiger partial charge in [0.25, 0.3) is 0 Å². The molecule has 3 rings (SSSR count). The third kappa shape index (κ3) is 7.36. The van der Waals surface area contributed by atoms with Crippen molar-refractivity contribution in [3.63, 3.8) is 0 Å². The first-order valence-electron chi connectivity index (χ1n) is 9.54. The molecule has 0 saturated carbocycles. The topological polar surface area (TPSA) is 39.7 Å². The molecule has 3 heterocycles. The molecule has 7 heteroatoms. The smallest absolute Gasteiger partial charge is 0.191 e. The molecule has 2 aromatic rings. The molecule has 27 heavy (non-hydrogen) atoms. The molecule has 0 bridgehead atoms. The van der Waals surface area contributed by atoms with Gasteiger partial charge in [0.15, 0.2) is 5.96 Å². The molecule has 4 nitrogen and oxygen atoms in total. The van der Waals surface area contributed by atoms with Crippen LogP contribution in [0.2, 0.25) is 0 Å². The van der Waals surface area contributed by atoms with E-state index in [9.17, 15) is 0 Å². The van der Waals surface area contributed by atoms with Crippen molar-refractivity contribution in [3.8, 4) is 0 Å². The van der Waals surface area contributed by atoms with E-state index in [4.69, 9.17) is 4.99 Å². The molecule has 0 spiro atoms. The highest BCUT2D eigenvalue weighted by Crippen LogP contribution is 2.20. The van der Waals surface area contributed by atoms with Crippen molar-refractivity contribution in [2.24, 2.45) is 10.9 Å². The lowest BCUT2D eigenvalue weighted by Gasteiger charge is -2.32. The van der Waals surface area contributed by atoms with Crippen molar-refractivity contribution in [1.29, 1.82) is 0 Å². The van der Waals surface area contributed by atoms with E-state index in [1.165, 1.54) is 41.2 Å². The summed E-state index contributed by atoms with van der Waals surface area (Å²) in [5.41, 5.74) is 1.34. The average molecular weight is 519 g/mol. The lowest BCUT2D eigenvalue weighted by atomic mass is 9.97. The van der Waals surface area contributed by atoms with Gasteiger partial charge < -0.3 is 10.6 Å². The van der Waals surface area contributed by atoms with E-state index in [0.717, 1.165) is 38.1 Å². The molecule has 0 radical (unpaired) electrons. The van der Waals surface area contributed by atoms with Crippen molar-refractivity contribution in [1.82, 2.24) is 15.5 Å². The van der Waals surface area contributed by atoms with Crippen molar-refractivity contribution < 1.29 is 0 Å². The fourth-order valence-electron chi connectivity index (χ4n) is 3.27. The Bertz CT molecular complexity index is 676. The van der Waals surface area contributed by atoms with Crippen LogP contribution in [0, 0.1) is 12.8 Å². The second kappa shape index (κ2) is 12.0. The maximum Gasteiger partial charge on any atom is 0.191 e. The fraction of sp³-hybridized carbons (Fsp3) is 0.550. The van der Waals surface area contributed by atoms with E-state index < -0.39 is 0 Å². The summed E-state index contributed by atoms with van der Waals surface area (Å²) in [6, 6.07) is 6.56. The number of rotatable bonds is 7. The van der Waals surface area contributed by atoms with Crippen LogP contribution in [0.25, 0.3) is 0 Å². The van der Waals surface area contributed by atoms with Gasteiger partial charge in [0.05, 0.1) is 6.54 Å². The van der Waals surface area contributed by atoms with Crippen LogP contribution in [-0.2, 0) is 13.1 Å². The predicted octanol–water partition coefficient (Wildman–Crippen LogP) is 4.70. The minimum Gasteiger partial charge on any atom is -0.357 e. The van der Waals surface area contributed by atoms with E-state index in [0.29, 0.717) is 0 Å². The fourth-order valence-corrected chi connectivity index (χ4v) is 4.85. The molecule has 0 amide bonds. The first-order chi connectivity index (χ1) is 12.7. The van der Waals surface area contributed by atoms with Crippen LogP contribution in [0.3, 0.4) is 0 Å². The van der Waals surface area contributed by atoms with Gasteiger partial charge in [-0.1, -0.05) is 6.07 Å². The summed E-state index contributed by atoms with van der Waals surface area (Å²) in [7, 11) is 0. The quantitative estimate of drug-likeness (QED) is 0.317. The summed E-state index contributed by atoms with van der Waals surface area (Å²) in [5, 5.41) is 11.3. The number of aliphatic imine (C=N–C) groups is 1. The number of halogens is 1. The van der Waals surface area contributed by atoms with Gasteiger partial charge in [-0.15, -0.1) is 46.7 Å². The Morgan fingerprint density at radius 2 is 2.00 bits per heavy atom. The van der Waals surface area contributed by atoms with Gasteiger partial charge in [-0.05, 0) is 74.2 Å². The number of thiophene rings is 2. The summed E-state index contributed by atoms with van der Waals surface area (Å²) >= 11 is 3.66. The van der Waals surface area contributed by atoms with Crippen LogP contribution < -0.4 is 10.6 Å². The Labute approximate surface area is 188 Å². The zero-order valence-electron chi connectivity index (χ0n) is 16.2. The third-order valence-electron chi connectivity index (χ3n) is 4.92. The van der Waals surface area contributed by atoms with Crippen molar-refractivity contribution in [2.75, 3.05) is 26.2 Å². The number of likely N-dealkylation sites (tertiary alicyclic amines) is 1. The number of hydrogen-bond donors (Lipinski definition) is 2. The molecule has 2 aromatic heterocycles. The third-order valence-corrected chi connectivity index (χ3v) is 6.79. The lowest BCUT2D eigenvalue weighted by Crippen LogP contribution is -2.42. The summed E-state index contributed by atoms with van der Waals surface area (Å²) < 4.78 is 0. The van der Waals surface area contributed by atoms with Crippen LogP contribution in [0.1, 0.15) is 35.1 Å². The molecule has 0 aliphatic carbocycles. The number of piperidine rings is 1. The number of nitrogens with one attached hydrogen (secondary N) is 2. The number of guanidine groups is 1. The highest BCUT2D eigenvalue weighted by Gasteiger charge is 2.19. The van der Waals surface area contributed by atoms with Crippen molar-refractivity contribution in [3.05, 3.63) is 44.3 Å². The zero-order valence-corrected chi connectivity index (χ0v) is 20.2. The van der Waals surface area contributed by atoms with Gasteiger partial charge in [-0.25, -0.2) is 4.99 Å². The van der Waals surface area contributed by atoms with E-state index in [1.807, 2.05) is 11.3 Å². The largest absolute Gasteiger partial charge is 0.357 e.